The Kier molecular flexibility index (Phi) is 3.03. The number of hydrogen-bond acceptors (Lipinski definition) is 7. The summed E-state index contributed by atoms with van der Waals surface area (Å²) in [5.74, 6) is 0. The molecule has 0 amide bonds. The topological polar surface area (TPSA) is 104 Å². The van der Waals surface area contributed by atoms with Crippen molar-refractivity contribution in [2.24, 2.45) is 0 Å². The molecule has 2 heterocycles. The van der Waals surface area contributed by atoms with E-state index in [9.17, 15) is 14.3 Å². The highest BCUT2D eigenvalue weighted by Crippen LogP contribution is 2.28. The van der Waals surface area contributed by atoms with E-state index in [1.807, 2.05) is 0 Å². The van der Waals surface area contributed by atoms with Gasteiger partial charge in [0.2, 0.25) is 5.16 Å². The molecule has 102 valence electrons. The van der Waals surface area contributed by atoms with Crippen molar-refractivity contribution in [3.8, 4) is 5.13 Å². The highest BCUT2D eigenvalue weighted by Gasteiger charge is 2.15. The third kappa shape index (κ3) is 2.08. The van der Waals surface area contributed by atoms with Crippen LogP contribution in [0.25, 0.3) is 15.3 Å². The maximum absolute atomic E-state index is 11.5. The zero-order valence-corrected chi connectivity index (χ0v) is 11.7. The van der Waals surface area contributed by atoms with E-state index in [2.05, 4.69) is 15.2 Å². The Balaban J connectivity index is 2.15. The molecule has 0 aliphatic carbocycles. The Labute approximate surface area is 118 Å². The first-order valence-electron chi connectivity index (χ1n) is 5.35. The summed E-state index contributed by atoms with van der Waals surface area (Å²) < 4.78 is 13.7. The van der Waals surface area contributed by atoms with Gasteiger partial charge < -0.3 is 0 Å². The van der Waals surface area contributed by atoms with Crippen LogP contribution in [0.15, 0.2) is 29.7 Å². The molecule has 20 heavy (non-hydrogen) atoms. The van der Waals surface area contributed by atoms with E-state index in [0.717, 1.165) is 0 Å². The van der Waals surface area contributed by atoms with Crippen molar-refractivity contribution in [3.05, 3.63) is 34.6 Å². The first kappa shape index (κ1) is 12.8. The van der Waals surface area contributed by atoms with Gasteiger partial charge in [-0.25, -0.2) is 9.55 Å². The Morgan fingerprint density at radius 3 is 2.95 bits per heavy atom. The van der Waals surface area contributed by atoms with Gasteiger partial charge in [-0.3, -0.25) is 14.3 Å². The second-order valence-electron chi connectivity index (χ2n) is 3.84. The van der Waals surface area contributed by atoms with E-state index < -0.39 is 15.7 Å². The molecule has 1 aromatic carbocycles. The first-order valence-corrected chi connectivity index (χ1v) is 7.72. The van der Waals surface area contributed by atoms with E-state index in [0.29, 0.717) is 20.5 Å². The van der Waals surface area contributed by atoms with Crippen molar-refractivity contribution in [1.29, 1.82) is 0 Å². The van der Waals surface area contributed by atoms with Gasteiger partial charge in [0.05, 0.1) is 25.9 Å². The number of aromatic nitrogens is 4. The molecule has 3 rings (SSSR count). The molecule has 2 aromatic heterocycles. The quantitative estimate of drug-likeness (QED) is 0.536. The van der Waals surface area contributed by atoms with Gasteiger partial charge in [0.15, 0.2) is 5.13 Å². The van der Waals surface area contributed by atoms with Crippen molar-refractivity contribution in [2.75, 3.05) is 6.26 Å². The molecule has 8 nitrogen and oxygen atoms in total. The number of nitrogens with zero attached hydrogens (tertiary/aromatic N) is 5. The van der Waals surface area contributed by atoms with Crippen LogP contribution in [-0.4, -0.2) is 35.1 Å². The van der Waals surface area contributed by atoms with Crippen molar-refractivity contribution >= 4 is 38.0 Å². The monoisotopic (exact) mass is 309 g/mol. The Morgan fingerprint density at radius 1 is 1.45 bits per heavy atom. The minimum Gasteiger partial charge on any atom is -0.258 e. The van der Waals surface area contributed by atoms with Crippen LogP contribution < -0.4 is 0 Å². The van der Waals surface area contributed by atoms with Crippen molar-refractivity contribution in [3.63, 3.8) is 0 Å². The number of non-ortho nitro benzene ring substituents is 1. The molecule has 1 atom stereocenters. The fraction of sp³-hybridized carbons (Fsp3) is 0.100. The van der Waals surface area contributed by atoms with Gasteiger partial charge in [0.1, 0.15) is 6.33 Å². The highest BCUT2D eigenvalue weighted by molar-refractivity contribution is 7.84. The lowest BCUT2D eigenvalue weighted by Crippen LogP contribution is -2.01. The fourth-order valence-corrected chi connectivity index (χ4v) is 3.27. The van der Waals surface area contributed by atoms with E-state index in [1.54, 1.807) is 6.07 Å². The third-order valence-corrected chi connectivity index (χ3v) is 4.36. The van der Waals surface area contributed by atoms with E-state index in [1.165, 1.54) is 40.6 Å². The summed E-state index contributed by atoms with van der Waals surface area (Å²) >= 11 is 1.25. The Hall–Kier alpha value is -2.20. The van der Waals surface area contributed by atoms with Gasteiger partial charge in [-0.15, -0.1) is 10.2 Å². The van der Waals surface area contributed by atoms with Crippen LogP contribution in [-0.2, 0) is 10.8 Å². The maximum Gasteiger partial charge on any atom is 0.270 e. The second-order valence-corrected chi connectivity index (χ2v) is 6.13. The van der Waals surface area contributed by atoms with Crippen LogP contribution in [0.4, 0.5) is 5.69 Å². The van der Waals surface area contributed by atoms with E-state index in [-0.39, 0.29) is 5.69 Å². The maximum atomic E-state index is 11.5. The minimum atomic E-state index is -1.30. The molecule has 3 aromatic rings. The number of nitro groups is 1. The largest absolute Gasteiger partial charge is 0.270 e. The van der Waals surface area contributed by atoms with E-state index in [4.69, 9.17) is 0 Å². The molecular weight excluding hydrogens is 302 g/mol. The predicted molar refractivity (Wildman–Crippen MR) is 73.5 cm³/mol. The lowest BCUT2D eigenvalue weighted by atomic mass is 10.3. The van der Waals surface area contributed by atoms with Crippen molar-refractivity contribution < 1.29 is 9.13 Å². The summed E-state index contributed by atoms with van der Waals surface area (Å²) in [5.41, 5.74) is 0.646. The lowest BCUT2D eigenvalue weighted by Gasteiger charge is -1.97. The molecule has 10 heteroatoms. The first-order chi connectivity index (χ1) is 9.56. The van der Waals surface area contributed by atoms with Crippen LogP contribution in [0.2, 0.25) is 0 Å². The molecule has 0 fully saturated rings. The van der Waals surface area contributed by atoms with Gasteiger partial charge in [0, 0.05) is 18.4 Å². The average molecular weight is 309 g/mol. The number of rotatable bonds is 3. The van der Waals surface area contributed by atoms with Crippen LogP contribution in [0, 0.1) is 10.1 Å². The minimum absolute atomic E-state index is 0.00995. The normalized spacial score (nSPS) is 12.7. The zero-order chi connectivity index (χ0) is 14.3. The summed E-state index contributed by atoms with van der Waals surface area (Å²) in [4.78, 5) is 14.6. The number of nitro benzene ring substituents is 1. The standard InChI is InChI=1S/C10H7N5O3S2/c1-20(18)10-13-11-5-14(10)9-12-7-3-2-6(15(16)17)4-8(7)19-9/h2-5H,1H3/t20-/m1/s1. The molecule has 0 aliphatic heterocycles. The van der Waals surface area contributed by atoms with Gasteiger partial charge in [0.25, 0.3) is 5.69 Å². The summed E-state index contributed by atoms with van der Waals surface area (Å²) in [6.45, 7) is 0. The SMILES string of the molecule is C[S@@](=O)c1nncn1-c1nc2ccc([N+](=O)[O-])cc2s1. The molecule has 0 N–H and O–H groups in total. The smallest absolute Gasteiger partial charge is 0.258 e. The number of benzene rings is 1. The molecule has 0 spiro atoms. The lowest BCUT2D eigenvalue weighted by molar-refractivity contribution is -0.384. The zero-order valence-electron chi connectivity index (χ0n) is 10.1. The van der Waals surface area contributed by atoms with Crippen molar-refractivity contribution in [1.82, 2.24) is 19.7 Å². The fourth-order valence-electron chi connectivity index (χ4n) is 1.67. The summed E-state index contributed by atoms with van der Waals surface area (Å²) in [6.07, 6.45) is 2.92. The molecule has 0 saturated heterocycles. The molecule has 0 aliphatic rings. The number of fused-ring (bicyclic) bond motifs is 1. The number of hydrogen-bond donors (Lipinski definition) is 0. The third-order valence-electron chi connectivity index (χ3n) is 2.55. The summed E-state index contributed by atoms with van der Waals surface area (Å²) in [6, 6.07) is 4.45. The van der Waals surface area contributed by atoms with Crippen molar-refractivity contribution in [2.45, 2.75) is 5.16 Å². The molecule has 0 bridgehead atoms. The average Bonchev–Trinajstić information content (AvgIpc) is 3.03. The van der Waals surface area contributed by atoms with Gasteiger partial charge in [-0.1, -0.05) is 11.3 Å². The predicted octanol–water partition coefficient (Wildman–Crippen LogP) is 1.52. The highest BCUT2D eigenvalue weighted by atomic mass is 32.2. The Bertz CT molecular complexity index is 840. The van der Waals surface area contributed by atoms with Crippen LogP contribution in [0.1, 0.15) is 0 Å². The van der Waals surface area contributed by atoms with E-state index >= 15 is 0 Å². The summed E-state index contributed by atoms with van der Waals surface area (Å²) in [5, 5.41) is 19.1. The van der Waals surface area contributed by atoms with Gasteiger partial charge in [-0.05, 0) is 6.07 Å². The molecule has 0 radical (unpaired) electrons. The number of thiazole rings is 1. The van der Waals surface area contributed by atoms with Crippen LogP contribution in [0.5, 0.6) is 0 Å². The molecule has 0 unspecified atom stereocenters. The van der Waals surface area contributed by atoms with Gasteiger partial charge >= 0.3 is 0 Å². The Morgan fingerprint density at radius 2 is 2.25 bits per heavy atom. The van der Waals surface area contributed by atoms with Crippen LogP contribution >= 0.6 is 11.3 Å². The second kappa shape index (κ2) is 4.72. The van der Waals surface area contributed by atoms with Gasteiger partial charge in [-0.2, -0.15) is 0 Å². The molecule has 0 saturated carbocycles. The van der Waals surface area contributed by atoms with Crippen LogP contribution in [0.3, 0.4) is 0 Å². The molecular formula is C10H7N5O3S2. The summed E-state index contributed by atoms with van der Waals surface area (Å²) in [7, 11) is -1.30.